The number of aliphatic imine (C=N–C) groups is 5. The van der Waals surface area contributed by atoms with E-state index in [1.54, 1.807) is 72.9 Å². The van der Waals surface area contributed by atoms with Gasteiger partial charge in [0.2, 0.25) is 0 Å². The van der Waals surface area contributed by atoms with Gasteiger partial charge in [0.15, 0.2) is 52.4 Å². The van der Waals surface area contributed by atoms with E-state index in [1.807, 2.05) is 72.8 Å². The first kappa shape index (κ1) is 96.6. The minimum Gasteiger partial charge on any atom is -0.508 e. The predicted octanol–water partition coefficient (Wildman–Crippen LogP) is 18.5. The second-order valence-corrected chi connectivity index (χ2v) is 31.7. The van der Waals surface area contributed by atoms with Crippen LogP contribution in [0.15, 0.2) is 296 Å². The van der Waals surface area contributed by atoms with E-state index in [-0.39, 0.29) is 86.3 Å². The number of carbonyl (C=O) groups is 5. The summed E-state index contributed by atoms with van der Waals surface area (Å²) in [4.78, 5) is 105. The number of amidine groups is 5. The maximum Gasteiger partial charge on any atom is 0.338 e. The second-order valence-electron chi connectivity index (χ2n) is 27.8. The zero-order valence-electron chi connectivity index (χ0n) is 70.0. The third-order valence-corrected chi connectivity index (χ3v) is 22.2. The molecule has 0 saturated carbocycles. The van der Waals surface area contributed by atoms with E-state index in [9.17, 15) is 51.0 Å². The zero-order chi connectivity index (χ0) is 93.0. The molecule has 664 valence electrons. The van der Waals surface area contributed by atoms with Gasteiger partial charge in [0.25, 0.3) is 0 Å². The number of methoxy groups -OCH3 is 3. The van der Waals surface area contributed by atoms with Gasteiger partial charge in [-0.2, -0.15) is 0 Å². The standard InChI is InChI=1S/C19H17BrFN3O2.C19H17ClFN3O3.2C18H15BrFN3O2.C18H14Cl2FN3O2/c1-3-26-19(25)15-11(2)23-18(17-14(21)5-4-10-22-17)24-16(15)12-6-8-13(20)9-7-12;1-3-27-19(26)15-10(2)23-18(17-14(21)5-4-8-22-17)24-16(15)12-7-6-11(25)9-13(12)20;1-10-14(18(24)25-2)15(11-5-7-12(19)8-6-11)23-17(22-10)16-13(20)4-3-9-21-16;1-10-14(18(24)25-2)15(11-6-3-4-7-12(11)19)23-17(22-10)16-13(20)8-5-9-21-16;1-9-14(18(25)26-2)15(11-6-5-10(21)8-13(11)20)24-17(23-9)16-12(19)4-3-7-22-16/h4-10,16H,3H2,1-2H3,(H,23,24);4-9,16,25H,3H2,1-2H3,(H,23,24);2*3-9,15H,1-2H3,(H,22,23);3-8,15H,1-2H3,(H,23,24). The Morgan fingerprint density at radius 2 is 0.659 bits per heavy atom. The minimum absolute atomic E-state index is 0.0176. The Morgan fingerprint density at radius 3 is 0.992 bits per heavy atom. The van der Waals surface area contributed by atoms with Crippen LogP contribution in [0.5, 0.6) is 5.75 Å². The van der Waals surface area contributed by atoms with Crippen molar-refractivity contribution >= 4 is 142 Å². The summed E-state index contributed by atoms with van der Waals surface area (Å²) < 4.78 is 97.7. The maximum atomic E-state index is 14.2. The largest absolute Gasteiger partial charge is 0.508 e. The molecule has 5 aliphatic rings. The van der Waals surface area contributed by atoms with Crippen LogP contribution in [0.1, 0.15) is 135 Å². The lowest BCUT2D eigenvalue weighted by atomic mass is 9.95. The number of ether oxygens (including phenoxy) is 5. The van der Waals surface area contributed by atoms with Gasteiger partial charge >= 0.3 is 29.8 Å². The van der Waals surface area contributed by atoms with Crippen LogP contribution < -0.4 is 26.6 Å². The first-order valence-corrected chi connectivity index (χ1v) is 42.5. The molecule has 5 atom stereocenters. The van der Waals surface area contributed by atoms with Gasteiger partial charge in [0.05, 0.1) is 67.4 Å². The molecular formula is C92H78Br3Cl3F5N15O11. The molecular weight excluding hydrogens is 1930 g/mol. The van der Waals surface area contributed by atoms with Crippen LogP contribution in [0.2, 0.25) is 15.1 Å². The van der Waals surface area contributed by atoms with Crippen molar-refractivity contribution in [1.82, 2.24) is 51.5 Å². The molecule has 0 fully saturated rings. The highest BCUT2D eigenvalue weighted by Crippen LogP contribution is 2.42. The van der Waals surface area contributed by atoms with E-state index in [0.717, 1.165) is 30.1 Å². The van der Waals surface area contributed by atoms with Crippen molar-refractivity contribution in [2.75, 3.05) is 34.5 Å². The van der Waals surface area contributed by atoms with Crippen LogP contribution in [0.4, 0.5) is 22.0 Å². The van der Waals surface area contributed by atoms with E-state index in [2.05, 4.69) is 124 Å². The Bertz CT molecular complexity index is 6320. The van der Waals surface area contributed by atoms with Gasteiger partial charge in [-0.25, -0.2) is 65.9 Å². The molecule has 0 bridgehead atoms. The average molecular weight is 2010 g/mol. The minimum atomic E-state index is -0.838. The Morgan fingerprint density at radius 1 is 0.357 bits per heavy atom. The number of nitrogens with one attached hydrogen (secondary N) is 5. The molecule has 10 aromatic rings. The SMILES string of the molecule is CCOC(=O)C1=C(C)NC(c2ncccc2F)=NC1c1ccc(Br)cc1.CCOC(=O)C1=C(C)NC(c2ncccc2F)=NC1c1ccc(O)cc1Cl.COC(=O)C1=C(C)NC(c2ncccc2Cl)=NC1c1ccc(F)cc1Cl.COC(=O)C1=C(C)NC(c2ncccc2F)=NC1c1ccc(Br)cc1.COC(=O)C1=C(C)NC(c2ncccc2F)=NC1c1ccccc1Br. The summed E-state index contributed by atoms with van der Waals surface area (Å²) in [5.41, 5.74) is 8.39. The Hall–Kier alpha value is -13.0. The number of phenolic OH excluding ortho intramolecular Hbond substituents is 1. The Balaban J connectivity index is 0.000000156. The number of halogens is 11. The number of nitrogens with zero attached hydrogens (tertiary/aromatic N) is 10. The number of hydrogen-bond donors (Lipinski definition) is 6. The zero-order valence-corrected chi connectivity index (χ0v) is 77.0. The van der Waals surface area contributed by atoms with Crippen LogP contribution in [-0.2, 0) is 47.7 Å². The van der Waals surface area contributed by atoms with Crippen LogP contribution >= 0.6 is 82.6 Å². The fraction of sp³-hybridized carbons (Fsp3) is 0.185. The highest BCUT2D eigenvalue weighted by atomic mass is 79.9. The van der Waals surface area contributed by atoms with Gasteiger partial charge in [-0.1, -0.05) is 137 Å². The van der Waals surface area contributed by atoms with E-state index in [0.29, 0.717) is 72.9 Å². The molecule has 37 heteroatoms. The molecule has 129 heavy (non-hydrogen) atoms. The number of benzene rings is 5. The van der Waals surface area contributed by atoms with Gasteiger partial charge in [0, 0.05) is 94.1 Å². The average Bonchev–Trinajstić information content (AvgIpc) is 0.794. The van der Waals surface area contributed by atoms with Crippen molar-refractivity contribution in [2.45, 2.75) is 78.7 Å². The predicted molar refractivity (Wildman–Crippen MR) is 488 cm³/mol. The summed E-state index contributed by atoms with van der Waals surface area (Å²) in [6.07, 6.45) is 7.51. The first-order chi connectivity index (χ1) is 61.9. The fourth-order valence-corrected chi connectivity index (χ4v) is 15.2. The summed E-state index contributed by atoms with van der Waals surface area (Å²) in [6.45, 7) is 12.5. The molecule has 0 amide bonds. The smallest absolute Gasteiger partial charge is 0.338 e. The lowest BCUT2D eigenvalue weighted by Gasteiger charge is -2.26. The van der Waals surface area contributed by atoms with E-state index >= 15 is 0 Å². The Labute approximate surface area is 777 Å². The van der Waals surface area contributed by atoms with E-state index in [4.69, 9.17) is 58.5 Å². The van der Waals surface area contributed by atoms with Crippen LogP contribution in [0.3, 0.4) is 0 Å². The third-order valence-electron chi connectivity index (χ3n) is 19.4. The summed E-state index contributed by atoms with van der Waals surface area (Å²) in [5.74, 6) is -3.68. The molecule has 5 aromatic heterocycles. The quantitative estimate of drug-likeness (QED) is 0.0280. The molecule has 0 spiro atoms. The van der Waals surface area contributed by atoms with Crippen molar-refractivity contribution in [3.63, 3.8) is 0 Å². The molecule has 26 nitrogen and oxygen atoms in total. The summed E-state index contributed by atoms with van der Waals surface area (Å²) in [7, 11) is 3.91. The number of carbonyl (C=O) groups excluding carboxylic acids is 5. The number of aromatic hydroxyl groups is 1. The molecule has 15 rings (SSSR count). The first-order valence-electron chi connectivity index (χ1n) is 39.0. The Kier molecular flexibility index (Phi) is 33.4. The number of pyridine rings is 5. The van der Waals surface area contributed by atoms with Crippen molar-refractivity contribution in [1.29, 1.82) is 0 Å². The number of hydrogen-bond acceptors (Lipinski definition) is 26. The summed E-state index contributed by atoms with van der Waals surface area (Å²) in [5, 5.41) is 25.3. The molecule has 5 aliphatic heterocycles. The van der Waals surface area contributed by atoms with Gasteiger partial charge in [-0.3, -0.25) is 29.9 Å². The highest BCUT2D eigenvalue weighted by molar-refractivity contribution is 9.11. The lowest BCUT2D eigenvalue weighted by molar-refractivity contribution is -0.139. The summed E-state index contributed by atoms with van der Waals surface area (Å²) in [6, 6.07) is 41.7. The second kappa shape index (κ2) is 44.6. The van der Waals surface area contributed by atoms with Gasteiger partial charge in [-0.15, -0.1) is 0 Å². The summed E-state index contributed by atoms with van der Waals surface area (Å²) >= 11 is 29.0. The number of aromatic nitrogens is 5. The maximum absolute atomic E-state index is 14.2. The molecule has 0 aliphatic carbocycles. The number of phenols is 1. The normalized spacial score (nSPS) is 16.8. The van der Waals surface area contributed by atoms with Gasteiger partial charge in [0.1, 0.15) is 70.2 Å². The molecule has 5 aromatic carbocycles. The topological polar surface area (TPSA) is 338 Å². The molecule has 10 heterocycles. The van der Waals surface area contributed by atoms with Crippen molar-refractivity contribution < 1.29 is 74.7 Å². The number of rotatable bonds is 17. The van der Waals surface area contributed by atoms with Crippen molar-refractivity contribution in [3.8, 4) is 5.75 Å². The monoisotopic (exact) mass is 2010 g/mol. The number of allylic oxidation sites excluding steroid dienone is 5. The van der Waals surface area contributed by atoms with Crippen LogP contribution in [0.25, 0.3) is 0 Å². The van der Waals surface area contributed by atoms with Crippen LogP contribution in [-0.4, -0.2) is 124 Å². The van der Waals surface area contributed by atoms with E-state index < -0.39 is 89.1 Å². The fourth-order valence-electron chi connectivity index (χ4n) is 13.5. The highest BCUT2D eigenvalue weighted by Gasteiger charge is 2.39. The molecule has 0 saturated heterocycles. The van der Waals surface area contributed by atoms with Gasteiger partial charge < -0.3 is 55.4 Å². The van der Waals surface area contributed by atoms with E-state index in [1.165, 1.54) is 125 Å². The molecule has 5 unspecified atom stereocenters. The number of esters is 5. The molecule has 6 N–H and O–H groups in total. The molecule has 0 radical (unpaired) electrons. The van der Waals surface area contributed by atoms with Gasteiger partial charge in [-0.05, 0) is 180 Å². The van der Waals surface area contributed by atoms with Crippen LogP contribution in [0, 0.1) is 29.1 Å². The van der Waals surface area contributed by atoms with Crippen molar-refractivity contribution in [3.05, 3.63) is 371 Å². The van der Waals surface area contributed by atoms with Crippen molar-refractivity contribution in [2.24, 2.45) is 25.0 Å². The lowest BCUT2D eigenvalue weighted by Crippen LogP contribution is -2.34. The third kappa shape index (κ3) is 23.3.